The molecular formula is C23H22FN7O. The first-order valence-corrected chi connectivity index (χ1v) is 10.5. The Morgan fingerprint density at radius 1 is 1.22 bits per heavy atom. The second-order valence-corrected chi connectivity index (χ2v) is 7.93. The minimum atomic E-state index is -0.314. The number of fused-ring (bicyclic) bond motifs is 1. The van der Waals surface area contributed by atoms with Gasteiger partial charge in [-0.05, 0) is 49.6 Å². The fourth-order valence-electron chi connectivity index (χ4n) is 4.21. The van der Waals surface area contributed by atoms with Gasteiger partial charge in [0.2, 0.25) is 5.95 Å². The van der Waals surface area contributed by atoms with Gasteiger partial charge in [-0.3, -0.25) is 9.78 Å². The van der Waals surface area contributed by atoms with Crippen LogP contribution in [0.5, 0.6) is 0 Å². The van der Waals surface area contributed by atoms with Gasteiger partial charge in [-0.25, -0.2) is 19.3 Å². The van der Waals surface area contributed by atoms with E-state index < -0.39 is 0 Å². The number of anilines is 2. The predicted molar refractivity (Wildman–Crippen MR) is 118 cm³/mol. The first-order chi connectivity index (χ1) is 15.6. The van der Waals surface area contributed by atoms with Crippen LogP contribution in [0.2, 0.25) is 0 Å². The number of hydrogen-bond acceptors (Lipinski definition) is 6. The largest absolute Gasteiger partial charge is 0.350 e. The fraction of sp³-hybridized carbons (Fsp3) is 0.261. The van der Waals surface area contributed by atoms with Crippen molar-refractivity contribution in [2.75, 3.05) is 18.4 Å². The number of aryl methyl sites for hydroxylation is 1. The average molecular weight is 431 g/mol. The Labute approximate surface area is 184 Å². The van der Waals surface area contributed by atoms with Crippen LogP contribution in [0.4, 0.5) is 16.2 Å². The maximum absolute atomic E-state index is 13.7. The molecule has 0 spiro atoms. The second-order valence-electron chi connectivity index (χ2n) is 7.93. The molecule has 5 rings (SSSR count). The van der Waals surface area contributed by atoms with Crippen LogP contribution >= 0.6 is 0 Å². The van der Waals surface area contributed by atoms with E-state index in [2.05, 4.69) is 30.2 Å². The Bertz CT molecular complexity index is 1270. The maximum Gasteiger partial charge on any atom is 0.270 e. The number of carbonyl (C=O) groups excluding carboxylic acids is 1. The minimum Gasteiger partial charge on any atom is -0.350 e. The molecule has 1 saturated heterocycles. The van der Waals surface area contributed by atoms with Crippen LogP contribution in [-0.2, 0) is 0 Å². The molecular weight excluding hydrogens is 409 g/mol. The summed E-state index contributed by atoms with van der Waals surface area (Å²) in [5, 5.41) is 3.79. The highest BCUT2D eigenvalue weighted by Gasteiger charge is 2.28. The van der Waals surface area contributed by atoms with Crippen molar-refractivity contribution in [2.45, 2.75) is 25.7 Å². The molecule has 1 aliphatic heterocycles. The molecule has 4 heterocycles. The smallest absolute Gasteiger partial charge is 0.270 e. The van der Waals surface area contributed by atoms with Crippen molar-refractivity contribution in [3.8, 4) is 0 Å². The van der Waals surface area contributed by atoms with Gasteiger partial charge in [0.15, 0.2) is 5.82 Å². The number of benzene rings is 1. The molecule has 0 bridgehead atoms. The molecule has 1 fully saturated rings. The Morgan fingerprint density at radius 3 is 2.97 bits per heavy atom. The van der Waals surface area contributed by atoms with Gasteiger partial charge in [0.1, 0.15) is 11.5 Å². The normalized spacial score (nSPS) is 16.3. The molecule has 1 aromatic carbocycles. The quantitative estimate of drug-likeness (QED) is 0.507. The van der Waals surface area contributed by atoms with E-state index in [1.165, 1.54) is 12.1 Å². The van der Waals surface area contributed by atoms with Crippen LogP contribution in [0.15, 0.2) is 49.1 Å². The summed E-state index contributed by atoms with van der Waals surface area (Å²) in [4.78, 5) is 35.4. The van der Waals surface area contributed by atoms with Crippen molar-refractivity contribution in [1.82, 2.24) is 29.8 Å². The van der Waals surface area contributed by atoms with E-state index in [9.17, 15) is 9.18 Å². The zero-order valence-corrected chi connectivity index (χ0v) is 17.5. The van der Waals surface area contributed by atoms with Crippen LogP contribution in [0, 0.1) is 12.7 Å². The number of likely N-dealkylation sites (tertiary alicyclic amines) is 1. The summed E-state index contributed by atoms with van der Waals surface area (Å²) in [6.45, 7) is 3.08. The van der Waals surface area contributed by atoms with Gasteiger partial charge >= 0.3 is 0 Å². The molecule has 1 atom stereocenters. The third-order valence-corrected chi connectivity index (χ3v) is 5.84. The van der Waals surface area contributed by atoms with Crippen LogP contribution < -0.4 is 5.32 Å². The van der Waals surface area contributed by atoms with E-state index >= 15 is 0 Å². The summed E-state index contributed by atoms with van der Waals surface area (Å²) in [5.41, 5.74) is 2.92. The Morgan fingerprint density at radius 2 is 2.12 bits per heavy atom. The van der Waals surface area contributed by atoms with Crippen molar-refractivity contribution >= 4 is 28.6 Å². The SMILES string of the molecule is Cc1c(C(=O)N2CCC[C@H](c3ccnc(Nc4cnccn4)n3)C2)[nH]c2ccc(F)cc12. The molecule has 8 nitrogen and oxygen atoms in total. The molecule has 1 amide bonds. The lowest BCUT2D eigenvalue weighted by molar-refractivity contribution is 0.0700. The molecule has 0 saturated carbocycles. The van der Waals surface area contributed by atoms with Gasteiger partial charge in [0.25, 0.3) is 5.91 Å². The van der Waals surface area contributed by atoms with Crippen LogP contribution in [-0.4, -0.2) is 48.8 Å². The molecule has 0 radical (unpaired) electrons. The lowest BCUT2D eigenvalue weighted by atomic mass is 9.94. The summed E-state index contributed by atoms with van der Waals surface area (Å²) in [6.07, 6.45) is 8.31. The van der Waals surface area contributed by atoms with Crippen LogP contribution in [0.3, 0.4) is 0 Å². The number of carbonyl (C=O) groups is 1. The summed E-state index contributed by atoms with van der Waals surface area (Å²) >= 11 is 0. The van der Waals surface area contributed by atoms with Crippen molar-refractivity contribution in [3.63, 3.8) is 0 Å². The monoisotopic (exact) mass is 431 g/mol. The highest BCUT2D eigenvalue weighted by atomic mass is 19.1. The first kappa shape index (κ1) is 20.0. The van der Waals surface area contributed by atoms with E-state index in [1.807, 2.05) is 17.9 Å². The lowest BCUT2D eigenvalue weighted by Crippen LogP contribution is -2.39. The zero-order valence-electron chi connectivity index (χ0n) is 17.5. The number of aromatic nitrogens is 5. The van der Waals surface area contributed by atoms with Crippen molar-refractivity contribution in [1.29, 1.82) is 0 Å². The average Bonchev–Trinajstić information content (AvgIpc) is 3.15. The molecule has 32 heavy (non-hydrogen) atoms. The van der Waals surface area contributed by atoms with E-state index in [-0.39, 0.29) is 17.6 Å². The maximum atomic E-state index is 13.7. The number of H-pyrrole nitrogens is 1. The van der Waals surface area contributed by atoms with Gasteiger partial charge in [0.05, 0.1) is 11.9 Å². The summed E-state index contributed by atoms with van der Waals surface area (Å²) in [6, 6.07) is 6.41. The first-order valence-electron chi connectivity index (χ1n) is 10.5. The molecule has 162 valence electrons. The van der Waals surface area contributed by atoms with E-state index in [1.54, 1.807) is 30.9 Å². The molecule has 0 unspecified atom stereocenters. The number of nitrogens with one attached hydrogen (secondary N) is 2. The van der Waals surface area contributed by atoms with Gasteiger partial charge in [-0.1, -0.05) is 0 Å². The molecule has 9 heteroatoms. The predicted octanol–water partition coefficient (Wildman–Crippen LogP) is 3.96. The number of nitrogens with zero attached hydrogens (tertiary/aromatic N) is 5. The molecule has 0 aliphatic carbocycles. The van der Waals surface area contributed by atoms with Gasteiger partial charge in [-0.2, -0.15) is 0 Å². The van der Waals surface area contributed by atoms with Gasteiger partial charge in [-0.15, -0.1) is 0 Å². The molecule has 3 aromatic heterocycles. The number of rotatable bonds is 4. The topological polar surface area (TPSA) is 99.7 Å². The highest BCUT2D eigenvalue weighted by Crippen LogP contribution is 2.29. The molecule has 2 N–H and O–H groups in total. The van der Waals surface area contributed by atoms with Gasteiger partial charge < -0.3 is 15.2 Å². The molecule has 4 aromatic rings. The third-order valence-electron chi connectivity index (χ3n) is 5.84. The highest BCUT2D eigenvalue weighted by molar-refractivity contribution is 6.01. The number of piperidine rings is 1. The van der Waals surface area contributed by atoms with Crippen molar-refractivity contribution in [2.24, 2.45) is 0 Å². The lowest BCUT2D eigenvalue weighted by Gasteiger charge is -2.32. The van der Waals surface area contributed by atoms with Crippen LogP contribution in [0.25, 0.3) is 10.9 Å². The number of hydrogen-bond donors (Lipinski definition) is 2. The number of amides is 1. The molecule has 1 aliphatic rings. The van der Waals surface area contributed by atoms with Gasteiger partial charge in [0, 0.05) is 48.5 Å². The number of halogens is 1. The zero-order chi connectivity index (χ0) is 22.1. The van der Waals surface area contributed by atoms with Crippen LogP contribution in [0.1, 0.15) is 40.5 Å². The third kappa shape index (κ3) is 3.89. The Hall–Kier alpha value is -3.88. The summed E-state index contributed by atoms with van der Waals surface area (Å²) in [5.74, 6) is 0.720. The Kier molecular flexibility index (Phi) is 5.22. The summed E-state index contributed by atoms with van der Waals surface area (Å²) < 4.78 is 13.7. The van der Waals surface area contributed by atoms with E-state index in [0.717, 1.165) is 35.0 Å². The fourth-order valence-corrected chi connectivity index (χ4v) is 4.21. The van der Waals surface area contributed by atoms with Crippen molar-refractivity contribution in [3.05, 3.63) is 71.8 Å². The second kappa shape index (κ2) is 8.33. The minimum absolute atomic E-state index is 0.0734. The standard InChI is InChI=1S/C23H22FN7O/c1-14-17-11-16(24)4-5-19(17)28-21(14)22(32)31-10-2-3-15(13-31)18-6-7-27-23(29-18)30-20-12-25-8-9-26-20/h4-9,11-12,15,28H,2-3,10,13H2,1H3,(H,26,27,29,30)/t15-/m0/s1. The van der Waals surface area contributed by atoms with E-state index in [4.69, 9.17) is 0 Å². The van der Waals surface area contributed by atoms with E-state index in [0.29, 0.717) is 30.5 Å². The van der Waals surface area contributed by atoms with Crippen molar-refractivity contribution < 1.29 is 9.18 Å². The Balaban J connectivity index is 1.35. The number of aromatic amines is 1. The summed E-state index contributed by atoms with van der Waals surface area (Å²) in [7, 11) is 0.